The van der Waals surface area contributed by atoms with Gasteiger partial charge < -0.3 is 14.9 Å². The van der Waals surface area contributed by atoms with Crippen molar-refractivity contribution < 1.29 is 14.9 Å². The minimum Gasteiger partial charge on any atom is -0.490 e. The summed E-state index contributed by atoms with van der Waals surface area (Å²) >= 11 is 0. The van der Waals surface area contributed by atoms with E-state index in [1.165, 1.54) is 0 Å². The van der Waals surface area contributed by atoms with Gasteiger partial charge in [0.15, 0.2) is 0 Å². The standard InChI is InChI=1S/C15H24O3/c1-10(2)15(5,17)9-18-14-7-6-11(3)8-13(14)12(4)16/h6-8,10,12,16-17H,9H2,1-5H3/t12-,15?/m1/s1. The zero-order valence-corrected chi connectivity index (χ0v) is 11.9. The van der Waals surface area contributed by atoms with Crippen LogP contribution in [-0.4, -0.2) is 22.4 Å². The first-order chi connectivity index (χ1) is 8.24. The zero-order valence-electron chi connectivity index (χ0n) is 11.9. The van der Waals surface area contributed by atoms with Crippen molar-refractivity contribution in [2.45, 2.75) is 46.3 Å². The fourth-order valence-corrected chi connectivity index (χ4v) is 1.52. The van der Waals surface area contributed by atoms with Crippen LogP contribution < -0.4 is 4.74 Å². The van der Waals surface area contributed by atoms with Gasteiger partial charge in [-0.05, 0) is 38.8 Å². The molecule has 0 saturated heterocycles. The summed E-state index contributed by atoms with van der Waals surface area (Å²) < 4.78 is 5.67. The van der Waals surface area contributed by atoms with Crippen molar-refractivity contribution in [3.05, 3.63) is 29.3 Å². The fraction of sp³-hybridized carbons (Fsp3) is 0.600. The maximum Gasteiger partial charge on any atom is 0.125 e. The Bertz CT molecular complexity index is 395. The molecule has 2 N–H and O–H groups in total. The number of aryl methyl sites for hydroxylation is 1. The average molecular weight is 252 g/mol. The van der Waals surface area contributed by atoms with Gasteiger partial charge in [-0.25, -0.2) is 0 Å². The van der Waals surface area contributed by atoms with E-state index in [1.54, 1.807) is 13.8 Å². The first-order valence-electron chi connectivity index (χ1n) is 6.38. The first-order valence-corrected chi connectivity index (χ1v) is 6.38. The van der Waals surface area contributed by atoms with E-state index in [0.717, 1.165) is 11.1 Å². The smallest absolute Gasteiger partial charge is 0.125 e. The summed E-state index contributed by atoms with van der Waals surface area (Å²) in [5.74, 6) is 0.745. The second-order valence-electron chi connectivity index (χ2n) is 5.52. The predicted octanol–water partition coefficient (Wildman–Crippen LogP) is 2.83. The van der Waals surface area contributed by atoms with Gasteiger partial charge in [0.25, 0.3) is 0 Å². The highest BCUT2D eigenvalue weighted by Crippen LogP contribution is 2.27. The lowest BCUT2D eigenvalue weighted by Gasteiger charge is -2.28. The summed E-state index contributed by atoms with van der Waals surface area (Å²) in [6.45, 7) is 9.56. The minimum absolute atomic E-state index is 0.109. The third-order valence-electron chi connectivity index (χ3n) is 3.38. The monoisotopic (exact) mass is 252 g/mol. The van der Waals surface area contributed by atoms with Crippen LogP contribution in [0.5, 0.6) is 5.75 Å². The number of hydrogen-bond acceptors (Lipinski definition) is 3. The van der Waals surface area contributed by atoms with Crippen LogP contribution in [-0.2, 0) is 0 Å². The van der Waals surface area contributed by atoms with Crippen molar-refractivity contribution >= 4 is 0 Å². The van der Waals surface area contributed by atoms with Gasteiger partial charge >= 0.3 is 0 Å². The highest BCUT2D eigenvalue weighted by atomic mass is 16.5. The number of aliphatic hydroxyl groups excluding tert-OH is 1. The molecule has 1 unspecified atom stereocenters. The summed E-state index contributed by atoms with van der Waals surface area (Å²) in [6, 6.07) is 5.68. The highest BCUT2D eigenvalue weighted by molar-refractivity contribution is 5.38. The van der Waals surface area contributed by atoms with E-state index in [1.807, 2.05) is 39.0 Å². The Morgan fingerprint density at radius 2 is 1.89 bits per heavy atom. The van der Waals surface area contributed by atoms with Gasteiger partial charge in [0, 0.05) is 5.56 Å². The molecule has 18 heavy (non-hydrogen) atoms. The molecule has 102 valence electrons. The van der Waals surface area contributed by atoms with Gasteiger partial charge in [-0.15, -0.1) is 0 Å². The lowest BCUT2D eigenvalue weighted by molar-refractivity contribution is -0.0273. The van der Waals surface area contributed by atoms with Gasteiger partial charge in [-0.1, -0.05) is 25.5 Å². The Hall–Kier alpha value is -1.06. The molecular weight excluding hydrogens is 228 g/mol. The molecule has 0 aliphatic carbocycles. The molecule has 0 aliphatic heterocycles. The average Bonchev–Trinajstić information content (AvgIpc) is 2.27. The second-order valence-corrected chi connectivity index (χ2v) is 5.52. The minimum atomic E-state index is -0.874. The molecule has 3 nitrogen and oxygen atoms in total. The summed E-state index contributed by atoms with van der Waals surface area (Å²) in [4.78, 5) is 0. The van der Waals surface area contributed by atoms with Gasteiger partial charge in [0.1, 0.15) is 12.4 Å². The molecule has 0 radical (unpaired) electrons. The Kier molecular flexibility index (Phi) is 4.77. The highest BCUT2D eigenvalue weighted by Gasteiger charge is 2.26. The molecule has 0 bridgehead atoms. The van der Waals surface area contributed by atoms with Crippen molar-refractivity contribution in [1.29, 1.82) is 0 Å². The van der Waals surface area contributed by atoms with Crippen molar-refractivity contribution in [2.24, 2.45) is 5.92 Å². The summed E-state index contributed by atoms with van der Waals surface area (Å²) in [5.41, 5.74) is 0.962. The topological polar surface area (TPSA) is 49.7 Å². The lowest BCUT2D eigenvalue weighted by atomic mass is 9.93. The number of benzene rings is 1. The van der Waals surface area contributed by atoms with Crippen molar-refractivity contribution in [1.82, 2.24) is 0 Å². The van der Waals surface area contributed by atoms with E-state index in [9.17, 15) is 10.2 Å². The molecule has 0 saturated carbocycles. The number of aliphatic hydroxyl groups is 2. The maximum atomic E-state index is 10.1. The predicted molar refractivity (Wildman–Crippen MR) is 72.8 cm³/mol. The van der Waals surface area contributed by atoms with E-state index in [0.29, 0.717) is 5.75 Å². The van der Waals surface area contributed by atoms with E-state index in [2.05, 4.69) is 0 Å². The third kappa shape index (κ3) is 3.72. The zero-order chi connectivity index (χ0) is 13.9. The van der Waals surface area contributed by atoms with E-state index in [4.69, 9.17) is 4.74 Å². The van der Waals surface area contributed by atoms with Gasteiger partial charge in [-0.2, -0.15) is 0 Å². The molecular formula is C15H24O3. The maximum absolute atomic E-state index is 10.1. The van der Waals surface area contributed by atoms with Gasteiger partial charge in [0.05, 0.1) is 11.7 Å². The largest absolute Gasteiger partial charge is 0.490 e. The van der Waals surface area contributed by atoms with E-state index >= 15 is 0 Å². The van der Waals surface area contributed by atoms with Crippen LogP contribution in [0, 0.1) is 12.8 Å². The normalized spacial score (nSPS) is 16.4. The molecule has 1 aromatic rings. The number of rotatable bonds is 5. The van der Waals surface area contributed by atoms with Crippen molar-refractivity contribution in [2.75, 3.05) is 6.61 Å². The summed E-state index contributed by atoms with van der Waals surface area (Å²) in [6.07, 6.45) is -0.580. The Balaban J connectivity index is 2.85. The second kappa shape index (κ2) is 5.72. The fourth-order valence-electron chi connectivity index (χ4n) is 1.52. The van der Waals surface area contributed by atoms with Crippen LogP contribution in [0.4, 0.5) is 0 Å². The third-order valence-corrected chi connectivity index (χ3v) is 3.38. The Morgan fingerprint density at radius 3 is 2.39 bits per heavy atom. The van der Waals surface area contributed by atoms with E-state index < -0.39 is 11.7 Å². The molecule has 0 heterocycles. The molecule has 0 aliphatic rings. The summed E-state index contributed by atoms with van der Waals surface area (Å²) in [5, 5.41) is 19.9. The first kappa shape index (κ1) is 15.0. The molecule has 2 atom stereocenters. The Labute approximate surface area is 109 Å². The van der Waals surface area contributed by atoms with Crippen LogP contribution in [0.25, 0.3) is 0 Å². The van der Waals surface area contributed by atoms with Crippen LogP contribution in [0.15, 0.2) is 18.2 Å². The lowest BCUT2D eigenvalue weighted by Crippen LogP contribution is -2.38. The molecule has 1 rings (SSSR count). The van der Waals surface area contributed by atoms with E-state index in [-0.39, 0.29) is 12.5 Å². The van der Waals surface area contributed by atoms with Crippen molar-refractivity contribution in [3.8, 4) is 5.75 Å². The molecule has 0 spiro atoms. The van der Waals surface area contributed by atoms with Gasteiger partial charge in [-0.3, -0.25) is 0 Å². The van der Waals surface area contributed by atoms with Crippen LogP contribution >= 0.6 is 0 Å². The Morgan fingerprint density at radius 1 is 1.28 bits per heavy atom. The quantitative estimate of drug-likeness (QED) is 0.847. The molecule has 0 fully saturated rings. The van der Waals surface area contributed by atoms with Crippen LogP contribution in [0.3, 0.4) is 0 Å². The molecule has 1 aromatic carbocycles. The van der Waals surface area contributed by atoms with Crippen LogP contribution in [0.1, 0.15) is 44.9 Å². The molecule has 0 amide bonds. The molecule has 3 heteroatoms. The van der Waals surface area contributed by atoms with Crippen LogP contribution in [0.2, 0.25) is 0 Å². The summed E-state index contributed by atoms with van der Waals surface area (Å²) in [7, 11) is 0. The molecule has 0 aromatic heterocycles. The van der Waals surface area contributed by atoms with Gasteiger partial charge in [0.2, 0.25) is 0 Å². The number of hydrogen-bond donors (Lipinski definition) is 2. The number of ether oxygens (including phenoxy) is 1. The van der Waals surface area contributed by atoms with Crippen molar-refractivity contribution in [3.63, 3.8) is 0 Å². The SMILES string of the molecule is Cc1ccc(OCC(C)(O)C(C)C)c([C@@H](C)O)c1.